The highest BCUT2D eigenvalue weighted by Gasteiger charge is 2.08. The molecule has 2 amide bonds. The molecule has 0 saturated heterocycles. The van der Waals surface area contributed by atoms with Crippen molar-refractivity contribution in [2.75, 3.05) is 11.6 Å². The van der Waals surface area contributed by atoms with Crippen LogP contribution in [0.2, 0.25) is 0 Å². The van der Waals surface area contributed by atoms with Gasteiger partial charge < -0.3 is 10.6 Å². The lowest BCUT2D eigenvalue weighted by molar-refractivity contribution is 0.251. The van der Waals surface area contributed by atoms with Crippen LogP contribution in [-0.2, 0) is 22.9 Å². The SMILES string of the molecule is Cc1cc(C)n(Cc2cccc(NC(=O)NCc3ccc(S(C)(=O)=O)cc3)c2)n1. The molecule has 152 valence electrons. The van der Waals surface area contributed by atoms with Gasteiger partial charge in [-0.25, -0.2) is 13.2 Å². The van der Waals surface area contributed by atoms with Gasteiger partial charge in [0.15, 0.2) is 9.84 Å². The van der Waals surface area contributed by atoms with Crippen LogP contribution in [0.5, 0.6) is 0 Å². The highest BCUT2D eigenvalue weighted by Crippen LogP contribution is 2.14. The fourth-order valence-corrected chi connectivity index (χ4v) is 3.60. The second kappa shape index (κ2) is 8.48. The van der Waals surface area contributed by atoms with E-state index in [-0.39, 0.29) is 10.9 Å². The summed E-state index contributed by atoms with van der Waals surface area (Å²) in [6, 6.07) is 15.8. The van der Waals surface area contributed by atoms with Gasteiger partial charge in [0.1, 0.15) is 0 Å². The van der Waals surface area contributed by atoms with Crippen molar-refractivity contribution in [1.29, 1.82) is 0 Å². The second-order valence-corrected chi connectivity index (χ2v) is 9.02. The van der Waals surface area contributed by atoms with Gasteiger partial charge in [-0.3, -0.25) is 4.68 Å². The summed E-state index contributed by atoms with van der Waals surface area (Å²) in [6.07, 6.45) is 1.16. The molecule has 1 aromatic heterocycles. The Bertz CT molecular complexity index is 1120. The van der Waals surface area contributed by atoms with Crippen LogP contribution < -0.4 is 10.6 Å². The number of aromatic nitrogens is 2. The monoisotopic (exact) mass is 412 g/mol. The van der Waals surface area contributed by atoms with Crippen LogP contribution >= 0.6 is 0 Å². The standard InChI is InChI=1S/C21H24N4O3S/c1-15-11-16(2)25(24-15)14-18-5-4-6-19(12-18)23-21(26)22-13-17-7-9-20(10-8-17)29(3,27)28/h4-12H,13-14H2,1-3H3,(H2,22,23,26). The highest BCUT2D eigenvalue weighted by molar-refractivity contribution is 7.90. The number of rotatable bonds is 6. The van der Waals surface area contributed by atoms with Gasteiger partial charge in [-0.05, 0) is 55.3 Å². The minimum atomic E-state index is -3.23. The molecule has 0 radical (unpaired) electrons. The normalized spacial score (nSPS) is 11.3. The second-order valence-electron chi connectivity index (χ2n) is 7.01. The van der Waals surface area contributed by atoms with E-state index in [1.807, 2.05) is 48.9 Å². The Balaban J connectivity index is 1.57. The molecule has 0 aliphatic heterocycles. The number of sulfone groups is 1. The average Bonchev–Trinajstić information content (AvgIpc) is 2.97. The molecule has 0 saturated carbocycles. The van der Waals surface area contributed by atoms with Crippen LogP contribution in [0.3, 0.4) is 0 Å². The van der Waals surface area contributed by atoms with Crippen molar-refractivity contribution in [2.24, 2.45) is 0 Å². The number of benzene rings is 2. The summed E-state index contributed by atoms with van der Waals surface area (Å²) in [7, 11) is -3.23. The first kappa shape index (κ1) is 20.6. The summed E-state index contributed by atoms with van der Waals surface area (Å²) in [5.41, 5.74) is 4.59. The molecule has 2 aromatic carbocycles. The predicted octanol–water partition coefficient (Wildman–Crippen LogP) is 3.27. The highest BCUT2D eigenvalue weighted by atomic mass is 32.2. The zero-order chi connectivity index (χ0) is 21.0. The van der Waals surface area contributed by atoms with E-state index in [4.69, 9.17) is 0 Å². The van der Waals surface area contributed by atoms with Crippen LogP contribution in [0.25, 0.3) is 0 Å². The Morgan fingerprint density at radius 2 is 1.76 bits per heavy atom. The molecule has 0 aliphatic rings. The number of carbonyl (C=O) groups is 1. The third-order valence-electron chi connectivity index (χ3n) is 4.43. The number of urea groups is 1. The number of nitrogens with one attached hydrogen (secondary N) is 2. The molecule has 2 N–H and O–H groups in total. The fourth-order valence-electron chi connectivity index (χ4n) is 2.97. The molecule has 0 unspecified atom stereocenters. The molecule has 1 heterocycles. The van der Waals surface area contributed by atoms with E-state index in [0.29, 0.717) is 18.8 Å². The molecule has 0 fully saturated rings. The Kier molecular flexibility index (Phi) is 6.03. The smallest absolute Gasteiger partial charge is 0.319 e. The van der Waals surface area contributed by atoms with E-state index in [0.717, 1.165) is 28.8 Å². The summed E-state index contributed by atoms with van der Waals surface area (Å²) in [5.74, 6) is 0. The molecular weight excluding hydrogens is 388 g/mol. The third-order valence-corrected chi connectivity index (χ3v) is 5.55. The van der Waals surface area contributed by atoms with Gasteiger partial charge in [0.2, 0.25) is 0 Å². The molecule has 0 spiro atoms. The lowest BCUT2D eigenvalue weighted by Crippen LogP contribution is -2.28. The number of aryl methyl sites for hydroxylation is 2. The van der Waals surface area contributed by atoms with Crippen LogP contribution in [0.15, 0.2) is 59.5 Å². The van der Waals surface area contributed by atoms with Gasteiger partial charge in [-0.15, -0.1) is 0 Å². The Labute approximate surface area is 170 Å². The molecule has 7 nitrogen and oxygen atoms in total. The van der Waals surface area contributed by atoms with Gasteiger partial charge in [0.25, 0.3) is 0 Å². The molecule has 0 bridgehead atoms. The molecule has 0 atom stereocenters. The van der Waals surface area contributed by atoms with Crippen molar-refractivity contribution in [3.05, 3.63) is 77.1 Å². The molecule has 29 heavy (non-hydrogen) atoms. The van der Waals surface area contributed by atoms with Gasteiger partial charge in [-0.1, -0.05) is 24.3 Å². The van der Waals surface area contributed by atoms with Gasteiger partial charge in [0, 0.05) is 24.2 Å². The summed E-state index contributed by atoms with van der Waals surface area (Å²) in [5, 5.41) is 10.0. The van der Waals surface area contributed by atoms with Crippen molar-refractivity contribution in [1.82, 2.24) is 15.1 Å². The first-order chi connectivity index (χ1) is 13.7. The zero-order valence-electron chi connectivity index (χ0n) is 16.6. The molecule has 0 aliphatic carbocycles. The molecule has 8 heteroatoms. The summed E-state index contributed by atoms with van der Waals surface area (Å²) in [6.45, 7) is 4.89. The Hall–Kier alpha value is -3.13. The van der Waals surface area contributed by atoms with Crippen molar-refractivity contribution in [2.45, 2.75) is 31.8 Å². The first-order valence-electron chi connectivity index (χ1n) is 9.14. The number of hydrogen-bond acceptors (Lipinski definition) is 4. The maximum atomic E-state index is 12.2. The van der Waals surface area contributed by atoms with Crippen LogP contribution in [0, 0.1) is 13.8 Å². The van der Waals surface area contributed by atoms with Crippen molar-refractivity contribution >= 4 is 21.6 Å². The van der Waals surface area contributed by atoms with E-state index < -0.39 is 9.84 Å². The average molecular weight is 413 g/mol. The molecule has 3 rings (SSSR count). The Morgan fingerprint density at radius 1 is 1.03 bits per heavy atom. The topological polar surface area (TPSA) is 93.1 Å². The fraction of sp³-hybridized carbons (Fsp3) is 0.238. The quantitative estimate of drug-likeness (QED) is 0.650. The van der Waals surface area contributed by atoms with Crippen LogP contribution in [0.4, 0.5) is 10.5 Å². The van der Waals surface area contributed by atoms with Gasteiger partial charge in [0.05, 0.1) is 17.1 Å². The van der Waals surface area contributed by atoms with Crippen LogP contribution in [0.1, 0.15) is 22.5 Å². The third kappa shape index (κ3) is 5.68. The van der Waals surface area contributed by atoms with E-state index in [1.54, 1.807) is 12.1 Å². The molecule has 3 aromatic rings. The number of anilines is 1. The Morgan fingerprint density at radius 3 is 2.38 bits per heavy atom. The van der Waals surface area contributed by atoms with E-state index >= 15 is 0 Å². The van der Waals surface area contributed by atoms with Crippen molar-refractivity contribution in [3.63, 3.8) is 0 Å². The predicted molar refractivity (Wildman–Crippen MR) is 113 cm³/mol. The largest absolute Gasteiger partial charge is 0.334 e. The van der Waals surface area contributed by atoms with E-state index in [2.05, 4.69) is 15.7 Å². The van der Waals surface area contributed by atoms with Crippen molar-refractivity contribution in [3.8, 4) is 0 Å². The lowest BCUT2D eigenvalue weighted by atomic mass is 10.2. The van der Waals surface area contributed by atoms with Gasteiger partial charge in [-0.2, -0.15) is 5.10 Å². The lowest BCUT2D eigenvalue weighted by Gasteiger charge is -2.10. The minimum Gasteiger partial charge on any atom is -0.334 e. The number of carbonyl (C=O) groups excluding carboxylic acids is 1. The van der Waals surface area contributed by atoms with Crippen molar-refractivity contribution < 1.29 is 13.2 Å². The maximum Gasteiger partial charge on any atom is 0.319 e. The minimum absolute atomic E-state index is 0.255. The summed E-state index contributed by atoms with van der Waals surface area (Å²) >= 11 is 0. The molecular formula is C21H24N4O3S. The van der Waals surface area contributed by atoms with Crippen LogP contribution in [-0.4, -0.2) is 30.5 Å². The van der Waals surface area contributed by atoms with E-state index in [9.17, 15) is 13.2 Å². The van der Waals surface area contributed by atoms with E-state index in [1.165, 1.54) is 12.1 Å². The maximum absolute atomic E-state index is 12.2. The number of hydrogen-bond donors (Lipinski definition) is 2. The number of nitrogens with zero attached hydrogens (tertiary/aromatic N) is 2. The zero-order valence-corrected chi connectivity index (χ0v) is 17.5. The van der Waals surface area contributed by atoms with Gasteiger partial charge >= 0.3 is 6.03 Å². The summed E-state index contributed by atoms with van der Waals surface area (Å²) in [4.78, 5) is 12.5. The number of amides is 2. The first-order valence-corrected chi connectivity index (χ1v) is 11.0. The summed E-state index contributed by atoms with van der Waals surface area (Å²) < 4.78 is 24.9.